The second-order valence-corrected chi connectivity index (χ2v) is 5.78. The fraction of sp³-hybridized carbons (Fsp3) is 0.353. The van der Waals surface area contributed by atoms with E-state index in [2.05, 4.69) is 5.32 Å². The number of carbonyl (C=O) groups excluding carboxylic acids is 1. The molecule has 1 aromatic carbocycles. The van der Waals surface area contributed by atoms with Crippen LogP contribution in [0.15, 0.2) is 40.8 Å². The lowest BCUT2D eigenvalue weighted by Crippen LogP contribution is -2.40. The van der Waals surface area contributed by atoms with Crippen molar-refractivity contribution in [3.8, 4) is 11.3 Å². The second-order valence-electron chi connectivity index (χ2n) is 5.78. The van der Waals surface area contributed by atoms with Gasteiger partial charge in [0.2, 0.25) is 0 Å². The van der Waals surface area contributed by atoms with Gasteiger partial charge in [-0.05, 0) is 49.2 Å². The highest BCUT2D eigenvalue weighted by Crippen LogP contribution is 2.29. The zero-order valence-electron chi connectivity index (χ0n) is 12.1. The molecular weight excluding hydrogens is 285 g/mol. The molecule has 1 amide bonds. The van der Waals surface area contributed by atoms with Crippen LogP contribution in [0.2, 0.25) is 0 Å². The number of halogens is 1. The van der Waals surface area contributed by atoms with Gasteiger partial charge in [-0.3, -0.25) is 4.79 Å². The predicted octanol–water partition coefficient (Wildman–Crippen LogP) is 3.12. The van der Waals surface area contributed by atoms with Crippen molar-refractivity contribution in [1.82, 2.24) is 5.32 Å². The smallest absolute Gasteiger partial charge is 0.287 e. The number of amides is 1. The minimum absolute atomic E-state index is 0.181. The summed E-state index contributed by atoms with van der Waals surface area (Å²) in [4.78, 5) is 12.1. The molecule has 0 bridgehead atoms. The van der Waals surface area contributed by atoms with Gasteiger partial charge >= 0.3 is 0 Å². The van der Waals surface area contributed by atoms with E-state index >= 15 is 0 Å². The summed E-state index contributed by atoms with van der Waals surface area (Å²) < 4.78 is 18.4. The van der Waals surface area contributed by atoms with E-state index in [1.807, 2.05) is 0 Å². The Morgan fingerprint density at radius 2 is 1.86 bits per heavy atom. The molecule has 22 heavy (non-hydrogen) atoms. The molecule has 0 saturated heterocycles. The number of rotatable bonds is 4. The van der Waals surface area contributed by atoms with E-state index < -0.39 is 5.60 Å². The van der Waals surface area contributed by atoms with Gasteiger partial charge in [0, 0.05) is 12.1 Å². The van der Waals surface area contributed by atoms with Crippen molar-refractivity contribution in [2.45, 2.75) is 31.3 Å². The first-order valence-electron chi connectivity index (χ1n) is 7.42. The van der Waals surface area contributed by atoms with Gasteiger partial charge in [-0.1, -0.05) is 12.8 Å². The third-order valence-corrected chi connectivity index (χ3v) is 4.07. The highest BCUT2D eigenvalue weighted by atomic mass is 19.1. The van der Waals surface area contributed by atoms with E-state index in [0.29, 0.717) is 24.2 Å². The maximum Gasteiger partial charge on any atom is 0.287 e. The number of carbonyl (C=O) groups is 1. The highest BCUT2D eigenvalue weighted by Gasteiger charge is 2.31. The Labute approximate surface area is 128 Å². The first kappa shape index (κ1) is 14.8. The van der Waals surface area contributed by atoms with E-state index in [4.69, 9.17) is 4.42 Å². The molecule has 1 aliphatic rings. The van der Waals surface area contributed by atoms with Gasteiger partial charge in [-0.15, -0.1) is 0 Å². The Morgan fingerprint density at radius 3 is 2.55 bits per heavy atom. The number of furan rings is 1. The molecule has 1 fully saturated rings. The first-order valence-corrected chi connectivity index (χ1v) is 7.42. The summed E-state index contributed by atoms with van der Waals surface area (Å²) in [5.41, 5.74) is -0.0861. The fourth-order valence-corrected chi connectivity index (χ4v) is 2.77. The number of hydrogen-bond donors (Lipinski definition) is 2. The zero-order valence-corrected chi connectivity index (χ0v) is 12.1. The summed E-state index contributed by atoms with van der Waals surface area (Å²) in [6.07, 6.45) is 3.40. The Hall–Kier alpha value is -2.14. The number of benzene rings is 1. The van der Waals surface area contributed by atoms with Crippen LogP contribution in [0.4, 0.5) is 4.39 Å². The van der Waals surface area contributed by atoms with Gasteiger partial charge in [0.25, 0.3) is 5.91 Å². The van der Waals surface area contributed by atoms with Crippen LogP contribution in [-0.2, 0) is 0 Å². The predicted molar refractivity (Wildman–Crippen MR) is 79.9 cm³/mol. The van der Waals surface area contributed by atoms with Gasteiger partial charge < -0.3 is 14.8 Å². The molecule has 0 spiro atoms. The lowest BCUT2D eigenvalue weighted by molar-refractivity contribution is 0.0444. The molecule has 2 aromatic rings. The van der Waals surface area contributed by atoms with Crippen molar-refractivity contribution in [3.63, 3.8) is 0 Å². The average Bonchev–Trinajstić information content (AvgIpc) is 3.15. The van der Waals surface area contributed by atoms with Crippen molar-refractivity contribution < 1.29 is 18.7 Å². The summed E-state index contributed by atoms with van der Waals surface area (Å²) in [6.45, 7) is 0.235. The van der Waals surface area contributed by atoms with Gasteiger partial charge in [-0.2, -0.15) is 0 Å². The number of aliphatic hydroxyl groups is 1. The molecule has 0 atom stereocenters. The maximum absolute atomic E-state index is 12.9. The van der Waals surface area contributed by atoms with Crippen LogP contribution < -0.4 is 5.32 Å². The summed E-state index contributed by atoms with van der Waals surface area (Å²) in [6, 6.07) is 9.12. The van der Waals surface area contributed by atoms with Crippen molar-refractivity contribution in [2.24, 2.45) is 0 Å². The van der Waals surface area contributed by atoms with Crippen LogP contribution in [0.3, 0.4) is 0 Å². The van der Waals surface area contributed by atoms with Crippen LogP contribution in [-0.4, -0.2) is 23.2 Å². The largest absolute Gasteiger partial charge is 0.451 e. The summed E-state index contributed by atoms with van der Waals surface area (Å²) in [5.74, 6) is 0.0115. The Morgan fingerprint density at radius 1 is 1.18 bits per heavy atom. The standard InChI is InChI=1S/C17H18FNO3/c18-13-5-3-12(4-6-13)14-7-8-15(22-14)16(20)19-11-17(21)9-1-2-10-17/h3-8,21H,1-2,9-11H2,(H,19,20). The number of hydrogen-bond acceptors (Lipinski definition) is 3. The maximum atomic E-state index is 12.9. The monoisotopic (exact) mass is 303 g/mol. The molecule has 1 heterocycles. The topological polar surface area (TPSA) is 62.5 Å². The third kappa shape index (κ3) is 3.20. The fourth-order valence-electron chi connectivity index (χ4n) is 2.77. The lowest BCUT2D eigenvalue weighted by Gasteiger charge is -2.21. The van der Waals surface area contributed by atoms with Crippen molar-refractivity contribution in [3.05, 3.63) is 48.0 Å². The van der Waals surface area contributed by atoms with E-state index in [-0.39, 0.29) is 24.0 Å². The van der Waals surface area contributed by atoms with Crippen LogP contribution in [0.1, 0.15) is 36.2 Å². The van der Waals surface area contributed by atoms with Crippen molar-refractivity contribution >= 4 is 5.91 Å². The molecule has 1 aromatic heterocycles. The van der Waals surface area contributed by atoms with Gasteiger partial charge in [-0.25, -0.2) is 4.39 Å². The Bertz CT molecular complexity index is 657. The van der Waals surface area contributed by atoms with E-state index in [1.165, 1.54) is 12.1 Å². The van der Waals surface area contributed by atoms with E-state index in [9.17, 15) is 14.3 Å². The van der Waals surface area contributed by atoms with Crippen LogP contribution >= 0.6 is 0 Å². The number of nitrogens with one attached hydrogen (secondary N) is 1. The molecule has 116 valence electrons. The molecule has 4 nitrogen and oxygen atoms in total. The van der Waals surface area contributed by atoms with Crippen LogP contribution in [0.25, 0.3) is 11.3 Å². The summed E-state index contributed by atoms with van der Waals surface area (Å²) in [5, 5.41) is 12.9. The summed E-state index contributed by atoms with van der Waals surface area (Å²) in [7, 11) is 0. The molecule has 0 unspecified atom stereocenters. The van der Waals surface area contributed by atoms with Gasteiger partial charge in [0.15, 0.2) is 5.76 Å². The highest BCUT2D eigenvalue weighted by molar-refractivity contribution is 5.92. The first-order chi connectivity index (χ1) is 10.6. The minimum Gasteiger partial charge on any atom is -0.451 e. The SMILES string of the molecule is O=C(NCC1(O)CCCC1)c1ccc(-c2ccc(F)cc2)o1. The Balaban J connectivity index is 1.65. The molecule has 0 aliphatic heterocycles. The van der Waals surface area contributed by atoms with E-state index in [0.717, 1.165) is 12.8 Å². The van der Waals surface area contributed by atoms with Crippen LogP contribution in [0.5, 0.6) is 0 Å². The second kappa shape index (κ2) is 5.93. The molecular formula is C17H18FNO3. The van der Waals surface area contributed by atoms with E-state index in [1.54, 1.807) is 24.3 Å². The Kier molecular flexibility index (Phi) is 3.98. The molecule has 1 saturated carbocycles. The normalized spacial score (nSPS) is 16.6. The van der Waals surface area contributed by atoms with Crippen molar-refractivity contribution in [1.29, 1.82) is 0 Å². The van der Waals surface area contributed by atoms with Gasteiger partial charge in [0.1, 0.15) is 11.6 Å². The quantitative estimate of drug-likeness (QED) is 0.912. The third-order valence-electron chi connectivity index (χ3n) is 4.07. The molecule has 0 radical (unpaired) electrons. The molecule has 5 heteroatoms. The lowest BCUT2D eigenvalue weighted by atomic mass is 10.0. The molecule has 3 rings (SSSR count). The zero-order chi connectivity index (χ0) is 15.6. The molecule has 2 N–H and O–H groups in total. The minimum atomic E-state index is -0.790. The van der Waals surface area contributed by atoms with Crippen molar-refractivity contribution in [2.75, 3.05) is 6.54 Å². The average molecular weight is 303 g/mol. The summed E-state index contributed by atoms with van der Waals surface area (Å²) >= 11 is 0. The van der Waals surface area contributed by atoms with Gasteiger partial charge in [0.05, 0.1) is 5.60 Å². The van der Waals surface area contributed by atoms with Crippen LogP contribution in [0, 0.1) is 5.82 Å². The molecule has 1 aliphatic carbocycles.